The Morgan fingerprint density at radius 3 is 1.73 bits per heavy atom. The third kappa shape index (κ3) is 11.2. The van der Waals surface area contributed by atoms with Gasteiger partial charge in [-0.2, -0.15) is 0 Å². The molecule has 232 valence electrons. The molecule has 1 aromatic heterocycles. The molecule has 3 aromatic rings. The predicted molar refractivity (Wildman–Crippen MR) is 192 cm³/mol. The Morgan fingerprint density at radius 1 is 0.727 bits per heavy atom. The minimum absolute atomic E-state index is 0.150. The third-order valence-electron chi connectivity index (χ3n) is 7.41. The molecule has 4 rings (SSSR count). The highest BCUT2D eigenvalue weighted by Gasteiger charge is 2.05. The van der Waals surface area contributed by atoms with E-state index in [2.05, 4.69) is 126 Å². The Hall–Kier alpha value is -3.43. The van der Waals surface area contributed by atoms with Gasteiger partial charge in [-0.3, -0.25) is 0 Å². The second-order valence-corrected chi connectivity index (χ2v) is 13.4. The Balaban J connectivity index is 1.10. The summed E-state index contributed by atoms with van der Waals surface area (Å²) in [6.07, 6.45) is 18.8. The molecule has 2 aromatic carbocycles. The topological polar surface area (TPSA) is 54.1 Å². The fraction of sp³-hybridized carbons (Fsp3) is 0.306. The van der Waals surface area contributed by atoms with E-state index in [-0.39, 0.29) is 13.2 Å². The van der Waals surface area contributed by atoms with E-state index in [1.165, 1.54) is 28.1 Å². The van der Waals surface area contributed by atoms with E-state index in [0.717, 1.165) is 36.7 Å². The fourth-order valence-corrected chi connectivity index (χ4v) is 6.68. The van der Waals surface area contributed by atoms with Gasteiger partial charge in [0.05, 0.1) is 6.61 Å². The summed E-state index contributed by atoms with van der Waals surface area (Å²) in [5.74, 6) is 2.15. The maximum Gasteiger partial charge on any atom is 0.171 e. The summed E-state index contributed by atoms with van der Waals surface area (Å²) < 4.78 is 1.97. The average molecular weight is 630 g/mol. The zero-order valence-electron chi connectivity index (χ0n) is 25.8. The number of aliphatic hydroxyl groups excluding tert-OH is 2. The summed E-state index contributed by atoms with van der Waals surface area (Å²) in [7, 11) is 8.19. The molecule has 0 bridgehead atoms. The molecule has 8 heteroatoms. The molecule has 0 amide bonds. The van der Waals surface area contributed by atoms with Gasteiger partial charge in [0.25, 0.3) is 0 Å². The number of nitrogens with zero attached hydrogens (tertiary/aromatic N) is 4. The van der Waals surface area contributed by atoms with Crippen LogP contribution in [-0.4, -0.2) is 80.1 Å². The Morgan fingerprint density at radius 2 is 1.25 bits per heavy atom. The highest BCUT2D eigenvalue weighted by molar-refractivity contribution is 8.76. The van der Waals surface area contributed by atoms with E-state index in [0.29, 0.717) is 13.1 Å². The monoisotopic (exact) mass is 629 g/mol. The molecule has 0 spiro atoms. The van der Waals surface area contributed by atoms with Crippen molar-refractivity contribution in [2.45, 2.75) is 6.54 Å². The molecule has 0 saturated carbocycles. The fourth-order valence-electron chi connectivity index (χ4n) is 4.59. The molecule has 0 fully saturated rings. The van der Waals surface area contributed by atoms with Gasteiger partial charge in [0.15, 0.2) is 18.9 Å². The molecule has 1 aliphatic rings. The lowest BCUT2D eigenvalue weighted by Gasteiger charge is -2.20. The van der Waals surface area contributed by atoms with Crippen molar-refractivity contribution in [2.75, 3.05) is 74.8 Å². The van der Waals surface area contributed by atoms with Crippen LogP contribution in [0, 0.1) is 0 Å². The number of rotatable bonds is 17. The highest BCUT2D eigenvalue weighted by Crippen LogP contribution is 2.24. The number of pyridine rings is 1. The maximum atomic E-state index is 9.07. The first-order chi connectivity index (χ1) is 21.5. The van der Waals surface area contributed by atoms with Crippen molar-refractivity contribution >= 4 is 51.2 Å². The molecule has 0 aliphatic carbocycles. The van der Waals surface area contributed by atoms with Gasteiger partial charge in [-0.1, -0.05) is 76.2 Å². The van der Waals surface area contributed by atoms with Crippen molar-refractivity contribution in [3.8, 4) is 0 Å². The maximum absolute atomic E-state index is 9.07. The Labute approximate surface area is 271 Å². The molecule has 0 atom stereocenters. The number of hydrogen-bond acceptors (Lipinski definition) is 7. The summed E-state index contributed by atoms with van der Waals surface area (Å²) in [5.41, 5.74) is 7.16. The van der Waals surface area contributed by atoms with Crippen molar-refractivity contribution in [1.29, 1.82) is 0 Å². The third-order valence-corrected chi connectivity index (χ3v) is 9.77. The molecular weight excluding hydrogens is 585 g/mol. The molecule has 2 N–H and O–H groups in total. The van der Waals surface area contributed by atoms with Crippen molar-refractivity contribution in [1.82, 2.24) is 4.90 Å². The van der Waals surface area contributed by atoms with Crippen LogP contribution in [0.3, 0.4) is 0 Å². The number of aliphatic hydroxyl groups is 2. The number of hydrogen-bond donors (Lipinski definition) is 2. The first-order valence-corrected chi connectivity index (χ1v) is 17.6. The Kier molecular flexibility index (Phi) is 14.0. The summed E-state index contributed by atoms with van der Waals surface area (Å²) in [4.78, 5) is 6.73. The molecule has 44 heavy (non-hydrogen) atoms. The van der Waals surface area contributed by atoms with Crippen LogP contribution in [0.5, 0.6) is 0 Å². The zero-order chi connectivity index (χ0) is 31.0. The van der Waals surface area contributed by atoms with Crippen LogP contribution < -0.4 is 14.4 Å². The SMILES string of the molecule is CN(CCSSCCN(C)c1ccc(C=Cc2cc[n+](CCO)cc2)cc1)c1ccc(C=CC2=CCN(CCO)C=C2)cc1. The summed E-state index contributed by atoms with van der Waals surface area (Å²) in [5, 5.41) is 18.1. The molecular formula is C36H45N4O2S2+. The standard InChI is InChI=1S/C36H45N4O2S2/c1-37(35-11-7-31(8-12-35)3-5-33-15-19-39(20-16-33)23-27-41)25-29-43-44-30-26-38(2)36-13-9-32(10-14-36)4-6-34-17-21-40(22-18-34)24-28-42/h3-21,41-42H,22-30H2,1-2H3/q+1. The van der Waals surface area contributed by atoms with Gasteiger partial charge in [-0.05, 0) is 52.6 Å². The van der Waals surface area contributed by atoms with E-state index in [9.17, 15) is 0 Å². The van der Waals surface area contributed by atoms with E-state index in [1.807, 2.05) is 44.7 Å². The highest BCUT2D eigenvalue weighted by atomic mass is 33.1. The lowest BCUT2D eigenvalue weighted by Crippen LogP contribution is -2.34. The number of benzene rings is 2. The normalized spacial score (nSPS) is 13.2. The smallest absolute Gasteiger partial charge is 0.171 e. The quantitative estimate of drug-likeness (QED) is 0.110. The summed E-state index contributed by atoms with van der Waals surface area (Å²) in [6, 6.07) is 21.5. The summed E-state index contributed by atoms with van der Waals surface area (Å²) >= 11 is 0. The van der Waals surface area contributed by atoms with Gasteiger partial charge in [-0.25, -0.2) is 4.57 Å². The van der Waals surface area contributed by atoms with Crippen LogP contribution in [-0.2, 0) is 6.54 Å². The predicted octanol–water partition coefficient (Wildman–Crippen LogP) is 5.85. The van der Waals surface area contributed by atoms with Gasteiger partial charge in [-0.15, -0.1) is 0 Å². The van der Waals surface area contributed by atoms with Crippen LogP contribution in [0.1, 0.15) is 16.7 Å². The van der Waals surface area contributed by atoms with E-state index >= 15 is 0 Å². The molecule has 2 heterocycles. The second kappa shape index (κ2) is 18.4. The number of allylic oxidation sites excluding steroid dienone is 3. The van der Waals surface area contributed by atoms with Crippen molar-refractivity contribution in [2.24, 2.45) is 0 Å². The minimum Gasteiger partial charge on any atom is -0.395 e. The minimum atomic E-state index is 0.150. The van der Waals surface area contributed by atoms with Crippen LogP contribution >= 0.6 is 21.6 Å². The lowest BCUT2D eigenvalue weighted by atomic mass is 10.1. The van der Waals surface area contributed by atoms with Crippen molar-refractivity contribution in [3.63, 3.8) is 0 Å². The largest absolute Gasteiger partial charge is 0.395 e. The van der Waals surface area contributed by atoms with Crippen molar-refractivity contribution < 1.29 is 14.8 Å². The van der Waals surface area contributed by atoms with Crippen molar-refractivity contribution in [3.05, 3.63) is 120 Å². The van der Waals surface area contributed by atoms with Gasteiger partial charge in [0.2, 0.25) is 0 Å². The van der Waals surface area contributed by atoms with E-state index < -0.39 is 0 Å². The number of aromatic nitrogens is 1. The van der Waals surface area contributed by atoms with Gasteiger partial charge in [0.1, 0.15) is 6.61 Å². The number of anilines is 2. The second-order valence-electron chi connectivity index (χ2n) is 10.7. The van der Waals surface area contributed by atoms with Gasteiger partial charge >= 0.3 is 0 Å². The number of β-amino-alcohol motifs (C(OH)–C–C–N with tert-alkyl or cyclic N) is 1. The molecule has 0 saturated heterocycles. The molecule has 6 nitrogen and oxygen atoms in total. The molecule has 0 unspecified atom stereocenters. The zero-order valence-corrected chi connectivity index (χ0v) is 27.5. The van der Waals surface area contributed by atoms with Crippen LogP contribution in [0.4, 0.5) is 11.4 Å². The first-order valence-electron chi connectivity index (χ1n) is 15.1. The van der Waals surface area contributed by atoms with Crippen LogP contribution in [0.15, 0.2) is 103 Å². The van der Waals surface area contributed by atoms with E-state index in [4.69, 9.17) is 10.2 Å². The van der Waals surface area contributed by atoms with Crippen LogP contribution in [0.2, 0.25) is 0 Å². The average Bonchev–Trinajstić information content (AvgIpc) is 3.06. The summed E-state index contributed by atoms with van der Waals surface area (Å²) in [6.45, 7) is 4.47. The van der Waals surface area contributed by atoms with Gasteiger partial charge in [0, 0.05) is 81.5 Å². The molecule has 0 radical (unpaired) electrons. The van der Waals surface area contributed by atoms with E-state index in [1.54, 1.807) is 0 Å². The first kappa shape index (κ1) is 33.5. The Bertz CT molecular complexity index is 1390. The van der Waals surface area contributed by atoms with Gasteiger partial charge < -0.3 is 24.9 Å². The molecule has 1 aliphatic heterocycles. The van der Waals surface area contributed by atoms with Crippen LogP contribution in [0.25, 0.3) is 18.2 Å². The lowest BCUT2D eigenvalue weighted by molar-refractivity contribution is -0.698.